The molecule has 2 aliphatic heterocycles. The lowest BCUT2D eigenvalue weighted by Crippen LogP contribution is -2.42. The SMILES string of the molecule is CCOCCn1c(NC2CCN(CCC3(c4ccc(Cl)c(Cl)c4)CCN(C(=O)c4cc(C)c(OC)c(OC)c4)C3)CC2)nc2ccccc21.O. The lowest BCUT2D eigenvalue weighted by molar-refractivity contribution is 0.0779. The summed E-state index contributed by atoms with van der Waals surface area (Å²) < 4.78 is 19.0. The van der Waals surface area contributed by atoms with E-state index < -0.39 is 0 Å². The van der Waals surface area contributed by atoms with Crippen molar-refractivity contribution in [1.82, 2.24) is 19.4 Å². The topological polar surface area (TPSA) is 113 Å². The van der Waals surface area contributed by atoms with Crippen LogP contribution in [0.3, 0.4) is 0 Å². The number of hydrogen-bond donors (Lipinski definition) is 1. The summed E-state index contributed by atoms with van der Waals surface area (Å²) in [7, 11) is 3.20. The number of amides is 1. The van der Waals surface area contributed by atoms with Crippen LogP contribution in [0, 0.1) is 6.92 Å². The van der Waals surface area contributed by atoms with Crippen LogP contribution in [0.1, 0.15) is 54.1 Å². The van der Waals surface area contributed by atoms with Crippen molar-refractivity contribution in [2.24, 2.45) is 0 Å². The van der Waals surface area contributed by atoms with Crippen molar-refractivity contribution in [2.45, 2.75) is 57.5 Å². The monoisotopic (exact) mass is 725 g/mol. The molecule has 2 aliphatic rings. The normalized spacial score (nSPS) is 18.3. The molecule has 0 bridgehead atoms. The molecule has 4 aromatic rings. The Morgan fingerprint density at radius 1 is 1.00 bits per heavy atom. The van der Waals surface area contributed by atoms with Crippen molar-refractivity contribution in [3.05, 3.63) is 81.3 Å². The van der Waals surface area contributed by atoms with Crippen molar-refractivity contribution >= 4 is 46.1 Å². The minimum atomic E-state index is -0.240. The molecule has 1 amide bonds. The summed E-state index contributed by atoms with van der Waals surface area (Å²) in [4.78, 5) is 23.4. The maximum atomic E-state index is 13.9. The lowest BCUT2D eigenvalue weighted by atomic mass is 9.76. The number of para-hydroxylation sites is 2. The number of methoxy groups -OCH3 is 2. The molecular formula is C38H49Cl2N5O5. The van der Waals surface area contributed by atoms with Crippen molar-refractivity contribution < 1.29 is 24.5 Å². The summed E-state index contributed by atoms with van der Waals surface area (Å²) >= 11 is 12.9. The molecule has 1 aromatic heterocycles. The summed E-state index contributed by atoms with van der Waals surface area (Å²) in [6.07, 6.45) is 3.80. The molecule has 0 saturated carbocycles. The third-order valence-corrected chi connectivity index (χ3v) is 11.0. The van der Waals surface area contributed by atoms with Crippen LogP contribution in [0.15, 0.2) is 54.6 Å². The number of anilines is 1. The number of likely N-dealkylation sites (tertiary alicyclic amines) is 2. The number of benzene rings is 3. The Morgan fingerprint density at radius 2 is 1.78 bits per heavy atom. The second-order valence-electron chi connectivity index (χ2n) is 13.2. The molecule has 3 aromatic carbocycles. The van der Waals surface area contributed by atoms with Gasteiger partial charge in [-0.05, 0) is 93.6 Å². The van der Waals surface area contributed by atoms with Crippen LogP contribution in [-0.2, 0) is 16.7 Å². The molecule has 6 rings (SSSR count). The number of nitrogens with one attached hydrogen (secondary N) is 1. The number of aryl methyl sites for hydroxylation is 1. The van der Waals surface area contributed by atoms with Crippen LogP contribution < -0.4 is 14.8 Å². The van der Waals surface area contributed by atoms with Crippen molar-refractivity contribution in [3.8, 4) is 11.5 Å². The van der Waals surface area contributed by atoms with E-state index in [9.17, 15) is 4.79 Å². The predicted octanol–water partition coefficient (Wildman–Crippen LogP) is 6.63. The maximum Gasteiger partial charge on any atom is 0.254 e. The van der Waals surface area contributed by atoms with E-state index in [0.29, 0.717) is 59.5 Å². The standard InChI is InChI=1S/C38H47Cl2N5O4.H2O/c1-5-49-21-20-45-33-9-7-6-8-32(33)42-37(45)41-29-12-16-43(17-13-29)18-14-38(28-10-11-30(39)31(40)24-28)15-19-44(25-38)36(46)27-22-26(2)35(48-4)34(23-27)47-3;/h6-11,22-24,29H,5,12-21,25H2,1-4H3,(H,41,42);1H2. The highest BCUT2D eigenvalue weighted by atomic mass is 35.5. The van der Waals surface area contributed by atoms with Crippen LogP contribution >= 0.6 is 23.2 Å². The molecular weight excluding hydrogens is 677 g/mol. The summed E-state index contributed by atoms with van der Waals surface area (Å²) in [5, 5.41) is 4.84. The van der Waals surface area contributed by atoms with E-state index in [1.807, 2.05) is 43.0 Å². The van der Waals surface area contributed by atoms with E-state index >= 15 is 0 Å². The molecule has 1 atom stereocenters. The van der Waals surface area contributed by atoms with Gasteiger partial charge in [0.15, 0.2) is 11.5 Å². The Labute approximate surface area is 304 Å². The Morgan fingerprint density at radius 3 is 2.50 bits per heavy atom. The summed E-state index contributed by atoms with van der Waals surface area (Å²) in [6, 6.07) is 18.2. The van der Waals surface area contributed by atoms with E-state index in [2.05, 4.69) is 39.0 Å². The fourth-order valence-corrected chi connectivity index (χ4v) is 7.78. The zero-order valence-electron chi connectivity index (χ0n) is 29.4. The number of ether oxygens (including phenoxy) is 3. The minimum Gasteiger partial charge on any atom is -0.493 e. The van der Waals surface area contributed by atoms with Gasteiger partial charge in [0.25, 0.3) is 5.91 Å². The first kappa shape index (κ1) is 37.7. The Kier molecular flexibility index (Phi) is 12.6. The largest absolute Gasteiger partial charge is 0.493 e. The molecule has 3 N–H and O–H groups in total. The van der Waals surface area contributed by atoms with E-state index in [0.717, 1.165) is 80.0 Å². The Balaban J connectivity index is 0.00000486. The van der Waals surface area contributed by atoms with Gasteiger partial charge in [0.1, 0.15) is 0 Å². The van der Waals surface area contributed by atoms with Gasteiger partial charge < -0.3 is 39.4 Å². The van der Waals surface area contributed by atoms with Gasteiger partial charge in [-0.1, -0.05) is 41.4 Å². The highest BCUT2D eigenvalue weighted by Gasteiger charge is 2.42. The second-order valence-corrected chi connectivity index (χ2v) is 14.0. The number of halogens is 2. The van der Waals surface area contributed by atoms with Gasteiger partial charge in [-0.15, -0.1) is 0 Å². The number of fused-ring (bicyclic) bond motifs is 1. The molecule has 2 fully saturated rings. The Bertz CT molecular complexity index is 1780. The van der Waals surface area contributed by atoms with Gasteiger partial charge >= 0.3 is 0 Å². The number of carbonyl (C=O) groups is 1. The summed E-state index contributed by atoms with van der Waals surface area (Å²) in [5.74, 6) is 2.11. The molecule has 0 radical (unpaired) electrons. The van der Waals surface area contributed by atoms with Crippen LogP contribution in [0.4, 0.5) is 5.95 Å². The molecule has 3 heterocycles. The first-order chi connectivity index (χ1) is 23.7. The zero-order chi connectivity index (χ0) is 34.5. The molecule has 50 heavy (non-hydrogen) atoms. The average molecular weight is 727 g/mol. The lowest BCUT2D eigenvalue weighted by Gasteiger charge is -2.36. The first-order valence-corrected chi connectivity index (χ1v) is 18.0. The quantitative estimate of drug-likeness (QED) is 0.154. The third-order valence-electron chi connectivity index (χ3n) is 10.2. The van der Waals surface area contributed by atoms with Gasteiger partial charge in [0, 0.05) is 56.4 Å². The minimum absolute atomic E-state index is 0. The Hall–Kier alpha value is -3.54. The fourth-order valence-electron chi connectivity index (χ4n) is 7.48. The maximum absolute atomic E-state index is 13.9. The van der Waals surface area contributed by atoms with Gasteiger partial charge in [0.2, 0.25) is 5.95 Å². The van der Waals surface area contributed by atoms with Gasteiger partial charge in [-0.2, -0.15) is 0 Å². The molecule has 270 valence electrons. The molecule has 0 aliphatic carbocycles. The molecule has 0 spiro atoms. The number of imidazole rings is 1. The van der Waals surface area contributed by atoms with Gasteiger partial charge in [-0.25, -0.2) is 4.98 Å². The van der Waals surface area contributed by atoms with E-state index in [1.165, 1.54) is 0 Å². The average Bonchev–Trinajstić information content (AvgIpc) is 3.71. The van der Waals surface area contributed by atoms with Crippen LogP contribution in [0.2, 0.25) is 10.0 Å². The highest BCUT2D eigenvalue weighted by molar-refractivity contribution is 6.42. The molecule has 10 nitrogen and oxygen atoms in total. The molecule has 1 unspecified atom stereocenters. The summed E-state index contributed by atoms with van der Waals surface area (Å²) in [6.45, 7) is 10.2. The van der Waals surface area contributed by atoms with E-state index in [-0.39, 0.29) is 16.8 Å². The number of hydrogen-bond acceptors (Lipinski definition) is 7. The van der Waals surface area contributed by atoms with E-state index in [4.69, 9.17) is 42.4 Å². The second kappa shape index (κ2) is 16.7. The summed E-state index contributed by atoms with van der Waals surface area (Å²) in [5.41, 5.74) is 4.47. The number of aromatic nitrogens is 2. The van der Waals surface area contributed by atoms with Crippen LogP contribution in [0.25, 0.3) is 11.0 Å². The van der Waals surface area contributed by atoms with Crippen molar-refractivity contribution in [1.29, 1.82) is 0 Å². The zero-order valence-corrected chi connectivity index (χ0v) is 30.9. The molecule has 2 saturated heterocycles. The van der Waals surface area contributed by atoms with Crippen LogP contribution in [0.5, 0.6) is 11.5 Å². The van der Waals surface area contributed by atoms with Gasteiger partial charge in [-0.3, -0.25) is 4.79 Å². The van der Waals surface area contributed by atoms with Gasteiger partial charge in [0.05, 0.1) is 41.9 Å². The smallest absolute Gasteiger partial charge is 0.254 e. The molecule has 12 heteroatoms. The predicted molar refractivity (Wildman–Crippen MR) is 200 cm³/mol. The first-order valence-electron chi connectivity index (χ1n) is 17.2. The third kappa shape index (κ3) is 8.00. The van der Waals surface area contributed by atoms with Crippen molar-refractivity contribution in [3.63, 3.8) is 0 Å². The highest BCUT2D eigenvalue weighted by Crippen LogP contribution is 2.41. The fraction of sp³-hybridized carbons (Fsp3) is 0.474. The number of carbonyl (C=O) groups excluding carboxylic acids is 1. The van der Waals surface area contributed by atoms with Crippen molar-refractivity contribution in [2.75, 3.05) is 65.5 Å². The van der Waals surface area contributed by atoms with E-state index in [1.54, 1.807) is 20.3 Å². The number of nitrogens with zero attached hydrogens (tertiary/aromatic N) is 4. The number of rotatable bonds is 13. The number of piperidine rings is 1. The van der Waals surface area contributed by atoms with Crippen LogP contribution in [-0.4, -0.2) is 96.9 Å².